The zero-order valence-corrected chi connectivity index (χ0v) is 5.48. The van der Waals surface area contributed by atoms with E-state index >= 15 is 0 Å². The molecule has 0 N–H and O–H groups in total. The largest absolute Gasteiger partial charge is 0.458 e. The molecule has 0 radical (unpaired) electrons. The van der Waals surface area contributed by atoms with Crippen LogP contribution in [0.1, 0.15) is 18.7 Å². The van der Waals surface area contributed by atoms with Crippen molar-refractivity contribution < 1.29 is 13.9 Å². The van der Waals surface area contributed by atoms with E-state index < -0.39 is 0 Å². The maximum absolute atomic E-state index is 9.83. The fraction of sp³-hybridized carbons (Fsp3) is 0.333. The third-order valence-corrected chi connectivity index (χ3v) is 1.13. The van der Waals surface area contributed by atoms with Gasteiger partial charge >= 0.3 is 0 Å². The van der Waals surface area contributed by atoms with Crippen molar-refractivity contribution in [3.63, 3.8) is 0 Å². The summed E-state index contributed by atoms with van der Waals surface area (Å²) in [5, 5.41) is 0. The number of carbonyl (C=O) groups is 1. The van der Waals surface area contributed by atoms with Gasteiger partial charge in [0.2, 0.25) is 0 Å². The van der Waals surface area contributed by atoms with E-state index in [4.69, 9.17) is 0 Å². The fourth-order valence-electron chi connectivity index (χ4n) is 0.576. The van der Waals surface area contributed by atoms with E-state index in [-0.39, 0.29) is 6.10 Å². The summed E-state index contributed by atoms with van der Waals surface area (Å²) < 4.78 is 9.26. The Bertz CT molecular complexity index is 195. The highest BCUT2D eigenvalue weighted by Crippen LogP contribution is 2.11. The highest BCUT2D eigenvalue weighted by Gasteiger charge is 2.06. The Labute approximate surface area is 57.8 Å². The van der Waals surface area contributed by atoms with Crippen molar-refractivity contribution in [2.75, 3.05) is 0 Å². The van der Waals surface area contributed by atoms with Crippen LogP contribution in [0.5, 0.6) is 0 Å². The second-order valence-corrected chi connectivity index (χ2v) is 1.79. The first-order valence-electron chi connectivity index (χ1n) is 2.82. The van der Waals surface area contributed by atoms with E-state index in [0.29, 0.717) is 12.2 Å². The van der Waals surface area contributed by atoms with E-state index in [1.165, 1.54) is 12.7 Å². The second-order valence-electron chi connectivity index (χ2n) is 1.79. The molecule has 54 valence electrons. The number of hydrogen-bond acceptors (Lipinski definition) is 4. The SMILES string of the molecule is CC(OC=O)c1cocn1. The molecule has 0 aliphatic rings. The smallest absolute Gasteiger partial charge is 0.293 e. The van der Waals surface area contributed by atoms with Gasteiger partial charge in [0.1, 0.15) is 18.1 Å². The number of hydrogen-bond donors (Lipinski definition) is 0. The molecular formula is C6H7NO3. The van der Waals surface area contributed by atoms with Gasteiger partial charge in [-0.1, -0.05) is 0 Å². The van der Waals surface area contributed by atoms with Gasteiger partial charge < -0.3 is 9.15 Å². The molecule has 1 unspecified atom stereocenters. The van der Waals surface area contributed by atoms with Gasteiger partial charge in [-0.05, 0) is 6.92 Å². The van der Waals surface area contributed by atoms with Crippen LogP contribution < -0.4 is 0 Å². The van der Waals surface area contributed by atoms with Crippen molar-refractivity contribution in [1.29, 1.82) is 0 Å². The van der Waals surface area contributed by atoms with Gasteiger partial charge in [0.25, 0.3) is 6.47 Å². The lowest BCUT2D eigenvalue weighted by molar-refractivity contribution is -0.133. The van der Waals surface area contributed by atoms with Crippen molar-refractivity contribution in [1.82, 2.24) is 4.98 Å². The summed E-state index contributed by atoms with van der Waals surface area (Å²) in [6.07, 6.45) is 2.41. The molecule has 0 aromatic carbocycles. The highest BCUT2D eigenvalue weighted by molar-refractivity contribution is 5.37. The molecule has 1 aromatic rings. The number of rotatable bonds is 3. The molecule has 1 rings (SSSR count). The van der Waals surface area contributed by atoms with E-state index in [0.717, 1.165) is 0 Å². The zero-order chi connectivity index (χ0) is 7.40. The summed E-state index contributed by atoms with van der Waals surface area (Å²) in [5.41, 5.74) is 0.618. The van der Waals surface area contributed by atoms with Crippen molar-refractivity contribution in [3.8, 4) is 0 Å². The third-order valence-electron chi connectivity index (χ3n) is 1.13. The molecular weight excluding hydrogens is 134 g/mol. The molecule has 0 spiro atoms. The first-order valence-corrected chi connectivity index (χ1v) is 2.82. The molecule has 0 saturated heterocycles. The van der Waals surface area contributed by atoms with Gasteiger partial charge in [0.05, 0.1) is 0 Å². The molecule has 0 fully saturated rings. The van der Waals surface area contributed by atoms with Crippen LogP contribution >= 0.6 is 0 Å². The molecule has 0 saturated carbocycles. The highest BCUT2D eigenvalue weighted by atomic mass is 16.5. The van der Waals surface area contributed by atoms with Crippen LogP contribution in [0.4, 0.5) is 0 Å². The summed E-state index contributed by atoms with van der Waals surface area (Å²) >= 11 is 0. The summed E-state index contributed by atoms with van der Waals surface area (Å²) in [7, 11) is 0. The van der Waals surface area contributed by atoms with Crippen LogP contribution in [-0.4, -0.2) is 11.5 Å². The lowest BCUT2D eigenvalue weighted by Gasteiger charge is -2.02. The average molecular weight is 141 g/mol. The molecule has 1 heterocycles. The van der Waals surface area contributed by atoms with Crippen LogP contribution in [0.2, 0.25) is 0 Å². The van der Waals surface area contributed by atoms with Crippen LogP contribution in [0.15, 0.2) is 17.1 Å². The van der Waals surface area contributed by atoms with Crippen molar-refractivity contribution in [3.05, 3.63) is 18.4 Å². The Morgan fingerprint density at radius 3 is 3.20 bits per heavy atom. The molecule has 4 heteroatoms. The Balaban J connectivity index is 2.58. The average Bonchev–Trinajstić information content (AvgIpc) is 2.38. The standard InChI is InChI=1S/C6H7NO3/c1-5(10-4-8)6-2-9-3-7-6/h2-5H,1H3. The Morgan fingerprint density at radius 2 is 2.70 bits per heavy atom. The van der Waals surface area contributed by atoms with Gasteiger partial charge in [-0.3, -0.25) is 4.79 Å². The predicted octanol–water partition coefficient (Wildman–Crippen LogP) is 0.909. The minimum Gasteiger partial charge on any atom is -0.458 e. The lowest BCUT2D eigenvalue weighted by Crippen LogP contribution is -1.97. The summed E-state index contributed by atoms with van der Waals surface area (Å²) in [6, 6.07) is 0. The van der Waals surface area contributed by atoms with Gasteiger partial charge in [0, 0.05) is 0 Å². The Kier molecular flexibility index (Phi) is 2.04. The zero-order valence-electron chi connectivity index (χ0n) is 5.48. The van der Waals surface area contributed by atoms with Crippen molar-refractivity contribution >= 4 is 6.47 Å². The summed E-state index contributed by atoms with van der Waals surface area (Å²) in [6.45, 7) is 2.10. The molecule has 0 aliphatic carbocycles. The van der Waals surface area contributed by atoms with E-state index in [2.05, 4.69) is 14.1 Å². The Hall–Kier alpha value is -1.32. The van der Waals surface area contributed by atoms with Crippen LogP contribution in [0.25, 0.3) is 0 Å². The molecule has 4 nitrogen and oxygen atoms in total. The van der Waals surface area contributed by atoms with Gasteiger partial charge in [-0.25, -0.2) is 4.98 Å². The van der Waals surface area contributed by atoms with Gasteiger partial charge in [-0.15, -0.1) is 0 Å². The van der Waals surface area contributed by atoms with Crippen molar-refractivity contribution in [2.24, 2.45) is 0 Å². The fourth-order valence-corrected chi connectivity index (χ4v) is 0.576. The number of carbonyl (C=O) groups excluding carboxylic acids is 1. The quantitative estimate of drug-likeness (QED) is 0.587. The Morgan fingerprint density at radius 1 is 1.90 bits per heavy atom. The number of ether oxygens (including phenoxy) is 1. The van der Waals surface area contributed by atoms with Crippen molar-refractivity contribution in [2.45, 2.75) is 13.0 Å². The first-order chi connectivity index (χ1) is 4.84. The monoisotopic (exact) mass is 141 g/mol. The van der Waals surface area contributed by atoms with Crippen LogP contribution in [0.3, 0.4) is 0 Å². The van der Waals surface area contributed by atoms with Crippen LogP contribution in [-0.2, 0) is 9.53 Å². The normalized spacial score (nSPS) is 12.5. The molecule has 1 aromatic heterocycles. The summed E-state index contributed by atoms with van der Waals surface area (Å²) in [5.74, 6) is 0. The minimum atomic E-state index is -0.323. The van der Waals surface area contributed by atoms with E-state index in [1.807, 2.05) is 0 Å². The molecule has 0 amide bonds. The van der Waals surface area contributed by atoms with Gasteiger partial charge in [-0.2, -0.15) is 0 Å². The van der Waals surface area contributed by atoms with Crippen LogP contribution in [0, 0.1) is 0 Å². The first kappa shape index (κ1) is 6.80. The lowest BCUT2D eigenvalue weighted by atomic mass is 10.3. The maximum atomic E-state index is 9.83. The van der Waals surface area contributed by atoms with E-state index in [9.17, 15) is 4.79 Å². The molecule has 1 atom stereocenters. The molecule has 10 heavy (non-hydrogen) atoms. The predicted molar refractivity (Wildman–Crippen MR) is 32.1 cm³/mol. The minimum absolute atomic E-state index is 0.323. The number of oxazole rings is 1. The van der Waals surface area contributed by atoms with Gasteiger partial charge in [0.15, 0.2) is 6.39 Å². The number of nitrogens with zero attached hydrogens (tertiary/aromatic N) is 1. The third kappa shape index (κ3) is 1.34. The maximum Gasteiger partial charge on any atom is 0.293 e. The number of aromatic nitrogens is 1. The molecule has 0 bridgehead atoms. The summed E-state index contributed by atoms with van der Waals surface area (Å²) in [4.78, 5) is 13.6. The van der Waals surface area contributed by atoms with E-state index in [1.54, 1.807) is 6.92 Å². The molecule has 0 aliphatic heterocycles. The second kappa shape index (κ2) is 3.00. The topological polar surface area (TPSA) is 52.3 Å².